The minimum Gasteiger partial charge on any atom is -0.461 e. The Bertz CT molecular complexity index is 537. The molecule has 0 saturated carbocycles. The molecule has 0 unspecified atom stereocenters. The molecule has 0 aliphatic rings. The number of benzene rings is 1. The minimum atomic E-state index is -0.353. The molecule has 0 N–H and O–H groups in total. The van der Waals surface area contributed by atoms with Crippen molar-refractivity contribution in [2.45, 2.75) is 12.1 Å². The summed E-state index contributed by atoms with van der Waals surface area (Å²) in [6.45, 7) is 2.14. The van der Waals surface area contributed by atoms with Crippen LogP contribution in [0.3, 0.4) is 0 Å². The third-order valence-corrected chi connectivity index (χ3v) is 3.06. The van der Waals surface area contributed by atoms with Gasteiger partial charge in [-0.1, -0.05) is 30.0 Å². The molecule has 0 fully saturated rings. The molecular formula is C13H14N2O2S. The summed E-state index contributed by atoms with van der Waals surface area (Å²) in [6, 6.07) is 9.65. The van der Waals surface area contributed by atoms with Gasteiger partial charge in [-0.2, -0.15) is 0 Å². The van der Waals surface area contributed by atoms with E-state index in [4.69, 9.17) is 4.74 Å². The highest BCUT2D eigenvalue weighted by molar-refractivity contribution is 7.98. The van der Waals surface area contributed by atoms with E-state index < -0.39 is 0 Å². The van der Waals surface area contributed by atoms with Gasteiger partial charge in [0, 0.05) is 5.69 Å². The predicted molar refractivity (Wildman–Crippen MR) is 71.3 cm³/mol. The van der Waals surface area contributed by atoms with Crippen LogP contribution in [0.25, 0.3) is 5.69 Å². The summed E-state index contributed by atoms with van der Waals surface area (Å²) >= 11 is 1.49. The number of carbonyl (C=O) groups is 1. The molecule has 0 spiro atoms. The number of esters is 1. The van der Waals surface area contributed by atoms with Gasteiger partial charge < -0.3 is 4.74 Å². The largest absolute Gasteiger partial charge is 0.461 e. The molecule has 2 rings (SSSR count). The Hall–Kier alpha value is -1.75. The number of thioether (sulfide) groups is 1. The van der Waals surface area contributed by atoms with Crippen molar-refractivity contribution in [3.8, 4) is 5.69 Å². The topological polar surface area (TPSA) is 44.1 Å². The number of hydrogen-bond donors (Lipinski definition) is 0. The van der Waals surface area contributed by atoms with Crippen LogP contribution in [0.2, 0.25) is 0 Å². The zero-order chi connectivity index (χ0) is 13.0. The molecule has 94 valence electrons. The van der Waals surface area contributed by atoms with E-state index in [-0.39, 0.29) is 5.97 Å². The summed E-state index contributed by atoms with van der Waals surface area (Å²) in [5.41, 5.74) is 1.36. The van der Waals surface area contributed by atoms with Crippen LogP contribution in [0.15, 0.2) is 41.7 Å². The quantitative estimate of drug-likeness (QED) is 0.628. The number of carbonyl (C=O) groups excluding carboxylic acids is 1. The second kappa shape index (κ2) is 5.73. The van der Waals surface area contributed by atoms with Gasteiger partial charge in [-0.05, 0) is 25.3 Å². The lowest BCUT2D eigenvalue weighted by atomic mass is 10.3. The van der Waals surface area contributed by atoms with Crippen LogP contribution in [0.5, 0.6) is 0 Å². The van der Waals surface area contributed by atoms with Gasteiger partial charge in [0.2, 0.25) is 0 Å². The Morgan fingerprint density at radius 2 is 2.11 bits per heavy atom. The van der Waals surface area contributed by atoms with Crippen molar-refractivity contribution in [1.82, 2.24) is 9.55 Å². The Morgan fingerprint density at radius 3 is 2.72 bits per heavy atom. The molecular weight excluding hydrogens is 248 g/mol. The third kappa shape index (κ3) is 2.41. The van der Waals surface area contributed by atoms with E-state index >= 15 is 0 Å². The summed E-state index contributed by atoms with van der Waals surface area (Å²) in [7, 11) is 0. The van der Waals surface area contributed by atoms with Crippen LogP contribution < -0.4 is 0 Å². The van der Waals surface area contributed by atoms with E-state index in [1.54, 1.807) is 13.1 Å². The summed E-state index contributed by atoms with van der Waals surface area (Å²) < 4.78 is 6.85. The summed E-state index contributed by atoms with van der Waals surface area (Å²) in [6.07, 6.45) is 3.48. The average Bonchev–Trinajstić information content (AvgIpc) is 2.83. The maximum Gasteiger partial charge on any atom is 0.357 e. The molecule has 0 radical (unpaired) electrons. The first-order valence-electron chi connectivity index (χ1n) is 5.62. The summed E-state index contributed by atoms with van der Waals surface area (Å²) in [4.78, 5) is 16.1. The first kappa shape index (κ1) is 12.7. The first-order chi connectivity index (χ1) is 8.77. The number of hydrogen-bond acceptors (Lipinski definition) is 4. The molecule has 1 aromatic heterocycles. The van der Waals surface area contributed by atoms with Crippen LogP contribution in [0.1, 0.15) is 17.4 Å². The third-order valence-electron chi connectivity index (χ3n) is 2.41. The highest BCUT2D eigenvalue weighted by Crippen LogP contribution is 2.21. The highest BCUT2D eigenvalue weighted by Gasteiger charge is 2.18. The van der Waals surface area contributed by atoms with E-state index in [2.05, 4.69) is 4.98 Å². The van der Waals surface area contributed by atoms with Crippen molar-refractivity contribution < 1.29 is 9.53 Å². The van der Waals surface area contributed by atoms with Crippen LogP contribution in [-0.2, 0) is 4.74 Å². The van der Waals surface area contributed by atoms with Crippen molar-refractivity contribution >= 4 is 17.7 Å². The molecule has 18 heavy (non-hydrogen) atoms. The van der Waals surface area contributed by atoms with Crippen molar-refractivity contribution in [1.29, 1.82) is 0 Å². The van der Waals surface area contributed by atoms with Gasteiger partial charge in [0.1, 0.15) is 0 Å². The SMILES string of the molecule is CCOC(=O)c1cnc(SC)n1-c1ccccc1. The molecule has 5 heteroatoms. The van der Waals surface area contributed by atoms with Crippen molar-refractivity contribution in [2.75, 3.05) is 12.9 Å². The van der Waals surface area contributed by atoms with Gasteiger partial charge in [-0.15, -0.1) is 0 Å². The maximum atomic E-state index is 11.9. The number of rotatable bonds is 4. The summed E-state index contributed by atoms with van der Waals surface area (Å²) in [5.74, 6) is -0.353. The lowest BCUT2D eigenvalue weighted by Gasteiger charge is -2.09. The summed E-state index contributed by atoms with van der Waals surface area (Å²) in [5, 5.41) is 0.768. The molecule has 0 bridgehead atoms. The monoisotopic (exact) mass is 262 g/mol. The molecule has 4 nitrogen and oxygen atoms in total. The molecule has 0 saturated heterocycles. The fourth-order valence-electron chi connectivity index (χ4n) is 1.65. The zero-order valence-electron chi connectivity index (χ0n) is 10.3. The minimum absolute atomic E-state index is 0.353. The Balaban J connectivity index is 2.50. The molecule has 0 aliphatic heterocycles. The van der Waals surface area contributed by atoms with Crippen molar-refractivity contribution in [3.05, 3.63) is 42.2 Å². The van der Waals surface area contributed by atoms with Crippen LogP contribution in [0.4, 0.5) is 0 Å². The van der Waals surface area contributed by atoms with Gasteiger partial charge in [-0.3, -0.25) is 4.57 Å². The standard InChI is InChI=1S/C13H14N2O2S/c1-3-17-12(16)11-9-14-13(18-2)15(11)10-7-5-4-6-8-10/h4-9H,3H2,1-2H3. The first-order valence-corrected chi connectivity index (χ1v) is 6.84. The fraction of sp³-hybridized carbons (Fsp3) is 0.231. The Kier molecular flexibility index (Phi) is 4.04. The van der Waals surface area contributed by atoms with Gasteiger partial charge in [-0.25, -0.2) is 9.78 Å². The van der Waals surface area contributed by atoms with Crippen LogP contribution in [0, 0.1) is 0 Å². The van der Waals surface area contributed by atoms with E-state index in [9.17, 15) is 4.79 Å². The van der Waals surface area contributed by atoms with E-state index in [0.29, 0.717) is 12.3 Å². The molecule has 0 amide bonds. The van der Waals surface area contributed by atoms with Crippen molar-refractivity contribution in [3.63, 3.8) is 0 Å². The normalized spacial score (nSPS) is 10.3. The van der Waals surface area contributed by atoms with Gasteiger partial charge in [0.25, 0.3) is 0 Å². The second-order valence-electron chi connectivity index (χ2n) is 3.52. The lowest BCUT2D eigenvalue weighted by molar-refractivity contribution is 0.0516. The van der Waals surface area contributed by atoms with E-state index in [0.717, 1.165) is 10.8 Å². The maximum absolute atomic E-state index is 11.9. The Morgan fingerprint density at radius 1 is 1.39 bits per heavy atom. The van der Waals surface area contributed by atoms with Gasteiger partial charge >= 0.3 is 5.97 Å². The van der Waals surface area contributed by atoms with E-state index in [1.807, 2.05) is 41.2 Å². The lowest BCUT2D eigenvalue weighted by Crippen LogP contribution is -2.11. The number of aromatic nitrogens is 2. The zero-order valence-corrected chi connectivity index (χ0v) is 11.1. The van der Waals surface area contributed by atoms with Gasteiger partial charge in [0.15, 0.2) is 10.9 Å². The number of para-hydroxylation sites is 1. The smallest absolute Gasteiger partial charge is 0.357 e. The second-order valence-corrected chi connectivity index (χ2v) is 4.29. The fourth-order valence-corrected chi connectivity index (χ4v) is 2.20. The number of nitrogens with zero attached hydrogens (tertiary/aromatic N) is 2. The molecule has 1 aromatic carbocycles. The molecule has 0 aliphatic carbocycles. The number of imidazole rings is 1. The molecule has 2 aromatic rings. The number of ether oxygens (including phenoxy) is 1. The van der Waals surface area contributed by atoms with Crippen molar-refractivity contribution in [2.24, 2.45) is 0 Å². The molecule has 1 heterocycles. The van der Waals surface area contributed by atoms with Crippen LogP contribution >= 0.6 is 11.8 Å². The average molecular weight is 262 g/mol. The predicted octanol–water partition coefficient (Wildman–Crippen LogP) is 2.77. The van der Waals surface area contributed by atoms with E-state index in [1.165, 1.54) is 11.8 Å². The Labute approximate surface area is 110 Å². The highest BCUT2D eigenvalue weighted by atomic mass is 32.2. The van der Waals surface area contributed by atoms with Gasteiger partial charge in [0.05, 0.1) is 12.8 Å². The molecule has 0 atom stereocenters. The van der Waals surface area contributed by atoms with Crippen LogP contribution in [-0.4, -0.2) is 28.4 Å².